The van der Waals surface area contributed by atoms with Crippen molar-refractivity contribution in [3.8, 4) is 0 Å². The average Bonchev–Trinajstić information content (AvgIpc) is 3.72. The zero-order valence-electron chi connectivity index (χ0n) is 31.5. The quantitative estimate of drug-likeness (QED) is 0.0767. The van der Waals surface area contributed by atoms with Gasteiger partial charge in [0, 0.05) is 0 Å². The second-order valence-corrected chi connectivity index (χ2v) is 13.9. The monoisotopic (exact) mass is 715 g/mol. The largest absolute Gasteiger partial charge is 1.00 e. The average molecular weight is 716 g/mol. The van der Waals surface area contributed by atoms with Crippen LogP contribution in [0, 0.1) is 0 Å². The van der Waals surface area contributed by atoms with Crippen LogP contribution in [-0.4, -0.2) is 22.3 Å². The van der Waals surface area contributed by atoms with Crippen LogP contribution < -0.4 is 33.9 Å². The van der Waals surface area contributed by atoms with Gasteiger partial charge in [0.1, 0.15) is 24.8 Å². The van der Waals surface area contributed by atoms with Crippen LogP contribution in [0.5, 0.6) is 0 Å². The molecule has 2 heterocycles. The molecule has 282 valence electrons. The first-order valence-corrected chi connectivity index (χ1v) is 20.1. The highest BCUT2D eigenvalue weighted by Gasteiger charge is 2.05. The van der Waals surface area contributed by atoms with Crippen molar-refractivity contribution in [2.75, 3.05) is 13.2 Å². The summed E-state index contributed by atoms with van der Waals surface area (Å²) >= 11 is 0. The van der Waals surface area contributed by atoms with Gasteiger partial charge in [0.2, 0.25) is 12.7 Å². The normalized spacial score (nSPS) is 11.1. The molecular formula is C40H76Cl2N4O2. The predicted octanol–water partition coefficient (Wildman–Crippen LogP) is 4.70. The molecule has 0 atom stereocenters. The van der Waals surface area contributed by atoms with Gasteiger partial charge in [0.25, 0.3) is 0 Å². The number of aromatic nitrogens is 4. The molecule has 0 amide bonds. The molecule has 0 aliphatic rings. The van der Waals surface area contributed by atoms with Crippen LogP contribution in [0.25, 0.3) is 0 Å². The Bertz CT molecular complexity index is 835. The number of halogens is 2. The zero-order valence-corrected chi connectivity index (χ0v) is 33.0. The van der Waals surface area contributed by atoms with Gasteiger partial charge in [-0.15, -0.1) is 0 Å². The Kier molecular flexibility index (Phi) is 34.9. The number of hydrogen-bond donors (Lipinski definition) is 0. The van der Waals surface area contributed by atoms with E-state index in [1.54, 1.807) is 0 Å². The summed E-state index contributed by atoms with van der Waals surface area (Å²) in [7, 11) is 0. The second kappa shape index (κ2) is 35.7. The summed E-state index contributed by atoms with van der Waals surface area (Å²) in [6, 6.07) is 0. The fourth-order valence-electron chi connectivity index (χ4n) is 6.31. The maximum atomic E-state index is 5.90. The van der Waals surface area contributed by atoms with E-state index in [2.05, 4.69) is 69.6 Å². The molecule has 0 unspecified atom stereocenters. The minimum absolute atomic E-state index is 0. The van der Waals surface area contributed by atoms with E-state index in [0.29, 0.717) is 13.5 Å². The van der Waals surface area contributed by atoms with Crippen molar-refractivity contribution in [3.05, 3.63) is 37.4 Å². The third-order valence-corrected chi connectivity index (χ3v) is 9.34. The van der Waals surface area contributed by atoms with Crippen molar-refractivity contribution < 1.29 is 43.4 Å². The van der Waals surface area contributed by atoms with Gasteiger partial charge in [0.05, 0.1) is 26.3 Å². The maximum absolute atomic E-state index is 5.90. The second-order valence-electron chi connectivity index (χ2n) is 13.9. The number of rotatable bonds is 35. The Morgan fingerprint density at radius 2 is 0.688 bits per heavy atom. The molecule has 0 N–H and O–H groups in total. The molecule has 0 aromatic carbocycles. The van der Waals surface area contributed by atoms with E-state index in [1.807, 2.05) is 0 Å². The first-order chi connectivity index (χ1) is 22.8. The molecule has 0 saturated heterocycles. The van der Waals surface area contributed by atoms with Crippen molar-refractivity contribution in [1.29, 1.82) is 0 Å². The van der Waals surface area contributed by atoms with Gasteiger partial charge in [-0.25, -0.2) is 18.3 Å². The molecule has 2 aromatic heterocycles. The molecule has 0 spiro atoms. The molecule has 6 nitrogen and oxygen atoms in total. The molecule has 8 heteroatoms. The molecule has 0 aliphatic heterocycles. The lowest BCUT2D eigenvalue weighted by molar-refractivity contribution is -0.733. The number of unbranched alkanes of at least 4 members (excludes halogenated alkanes) is 23. The lowest BCUT2D eigenvalue weighted by Gasteiger charge is -2.03. The van der Waals surface area contributed by atoms with Crippen LogP contribution in [0.2, 0.25) is 0 Å². The van der Waals surface area contributed by atoms with Crippen molar-refractivity contribution in [2.24, 2.45) is 0 Å². The Hall–Kier alpha value is -1.08. The Balaban J connectivity index is 0.0000110. The highest BCUT2D eigenvalue weighted by atomic mass is 35.5. The fraction of sp³-hybridized carbons (Fsp3) is 0.850. The van der Waals surface area contributed by atoms with Gasteiger partial charge in [-0.1, -0.05) is 142 Å². The highest BCUT2D eigenvalue weighted by Crippen LogP contribution is 2.13. The number of imidazole rings is 2. The van der Waals surface area contributed by atoms with Gasteiger partial charge < -0.3 is 34.3 Å². The first kappa shape index (κ1) is 46.9. The van der Waals surface area contributed by atoms with Gasteiger partial charge in [-0.3, -0.25) is 0 Å². The van der Waals surface area contributed by atoms with Crippen molar-refractivity contribution in [1.82, 2.24) is 9.13 Å². The summed E-state index contributed by atoms with van der Waals surface area (Å²) in [5, 5.41) is 0. The first-order valence-electron chi connectivity index (χ1n) is 20.1. The Morgan fingerprint density at radius 3 is 1.00 bits per heavy atom. The molecule has 0 aliphatic carbocycles. The highest BCUT2D eigenvalue weighted by molar-refractivity contribution is 4.67. The topological polar surface area (TPSA) is 36.1 Å². The summed E-state index contributed by atoms with van der Waals surface area (Å²) in [6.45, 7) is 9.64. The molecule has 48 heavy (non-hydrogen) atoms. The lowest BCUT2D eigenvalue weighted by atomic mass is 10.1. The number of aryl methyl sites for hydroxylation is 2. The predicted molar refractivity (Wildman–Crippen MR) is 193 cm³/mol. The molecule has 0 saturated carbocycles. The molecule has 2 aromatic rings. The van der Waals surface area contributed by atoms with Gasteiger partial charge in [-0.2, -0.15) is 0 Å². The van der Waals surface area contributed by atoms with Gasteiger partial charge in [-0.05, 0) is 38.5 Å². The maximum Gasteiger partial charge on any atom is 0.245 e. The summed E-state index contributed by atoms with van der Waals surface area (Å²) in [6.07, 6.45) is 48.7. The minimum atomic E-state index is 0. The number of ether oxygens (including phenoxy) is 2. The van der Waals surface area contributed by atoms with Crippen molar-refractivity contribution >= 4 is 0 Å². The van der Waals surface area contributed by atoms with Gasteiger partial charge >= 0.3 is 0 Å². The van der Waals surface area contributed by atoms with E-state index >= 15 is 0 Å². The number of hydrogen-bond acceptors (Lipinski definition) is 2. The third kappa shape index (κ3) is 27.7. The summed E-state index contributed by atoms with van der Waals surface area (Å²) in [5.74, 6) is 0. The van der Waals surface area contributed by atoms with E-state index in [0.717, 1.165) is 39.1 Å². The summed E-state index contributed by atoms with van der Waals surface area (Å²) < 4.78 is 20.7. The number of nitrogens with zero attached hydrogens (tertiary/aromatic N) is 4. The van der Waals surface area contributed by atoms with Crippen LogP contribution >= 0.6 is 0 Å². The van der Waals surface area contributed by atoms with E-state index in [1.165, 1.54) is 154 Å². The van der Waals surface area contributed by atoms with E-state index in [9.17, 15) is 0 Å². The molecule has 0 fully saturated rings. The third-order valence-electron chi connectivity index (χ3n) is 9.34. The zero-order chi connectivity index (χ0) is 32.6. The van der Waals surface area contributed by atoms with Crippen LogP contribution in [0.15, 0.2) is 37.4 Å². The minimum Gasteiger partial charge on any atom is -1.00 e. The fourth-order valence-corrected chi connectivity index (χ4v) is 6.31. The van der Waals surface area contributed by atoms with Crippen LogP contribution in [0.4, 0.5) is 0 Å². The van der Waals surface area contributed by atoms with Crippen LogP contribution in [0.1, 0.15) is 181 Å². The van der Waals surface area contributed by atoms with E-state index in [-0.39, 0.29) is 24.8 Å². The Labute approximate surface area is 309 Å². The smallest absolute Gasteiger partial charge is 0.245 e. The lowest BCUT2D eigenvalue weighted by Crippen LogP contribution is -3.00. The molecular weight excluding hydrogens is 639 g/mol. The van der Waals surface area contributed by atoms with Gasteiger partial charge in [0.15, 0.2) is 13.5 Å². The van der Waals surface area contributed by atoms with E-state index < -0.39 is 0 Å². The molecule has 2 rings (SSSR count). The van der Waals surface area contributed by atoms with Crippen LogP contribution in [-0.2, 0) is 36.0 Å². The van der Waals surface area contributed by atoms with Crippen molar-refractivity contribution in [3.63, 3.8) is 0 Å². The molecule has 0 bridgehead atoms. The molecule has 0 radical (unpaired) electrons. The van der Waals surface area contributed by atoms with E-state index in [4.69, 9.17) is 9.47 Å². The van der Waals surface area contributed by atoms with Crippen molar-refractivity contribution in [2.45, 2.75) is 207 Å². The Morgan fingerprint density at radius 1 is 0.396 bits per heavy atom. The SMILES string of the molecule is CCCCCCCCCCCCCCn1cc[n+](COCCCCOC[n+]2ccn(CCCCCCCCCCCCCC)c2)c1.[Cl-].[Cl-]. The summed E-state index contributed by atoms with van der Waals surface area (Å²) in [4.78, 5) is 0. The summed E-state index contributed by atoms with van der Waals surface area (Å²) in [5.41, 5.74) is 0. The standard InChI is InChI=1S/C40H76N4O2.2ClH/c1-3-5-7-9-11-13-15-17-19-21-23-25-29-41-31-33-43(37-41)39-45-35-27-28-36-46-40-44-34-32-42(38-44)30-26-24-22-20-18-16-14-12-10-8-6-4-2;;/h31-34,37-38H,3-30,35-36,39-40H2,1-2H3;2*1H/q+2;;/p-2. The van der Waals surface area contributed by atoms with Crippen LogP contribution in [0.3, 0.4) is 0 Å².